The Morgan fingerprint density at radius 3 is 2.43 bits per heavy atom. The highest BCUT2D eigenvalue weighted by Crippen LogP contribution is 2.40. The number of anilines is 2. The van der Waals surface area contributed by atoms with Crippen molar-refractivity contribution in [3.8, 4) is 22.7 Å². The molecule has 2 aromatic heterocycles. The van der Waals surface area contributed by atoms with Gasteiger partial charge in [-0.25, -0.2) is 27.6 Å². The molecule has 0 atom stereocenters. The smallest absolute Gasteiger partial charge is 0.417 e. The summed E-state index contributed by atoms with van der Waals surface area (Å²) in [4.78, 5) is 16.5. The predicted octanol–water partition coefficient (Wildman–Crippen LogP) is 6.77. The summed E-state index contributed by atoms with van der Waals surface area (Å²) in [5, 5.41) is 6.71. The van der Waals surface area contributed by atoms with E-state index in [4.69, 9.17) is 15.6 Å². The number of ether oxygens (including phenoxy) is 1. The van der Waals surface area contributed by atoms with Crippen LogP contribution in [0.15, 0.2) is 42.6 Å². The Morgan fingerprint density at radius 1 is 1.11 bits per heavy atom. The first-order valence-electron chi connectivity index (χ1n) is 13.6. The Labute approximate surface area is 248 Å². The zero-order valence-corrected chi connectivity index (χ0v) is 23.9. The van der Waals surface area contributed by atoms with Gasteiger partial charge in [0.25, 0.3) is 0 Å². The summed E-state index contributed by atoms with van der Waals surface area (Å²) in [6.07, 6.45) is -4.00. The van der Waals surface area contributed by atoms with Gasteiger partial charge >= 0.3 is 12.2 Å². The summed E-state index contributed by atoms with van der Waals surface area (Å²) in [5.74, 6) is -3.05. The Balaban J connectivity index is 1.69. The van der Waals surface area contributed by atoms with E-state index in [0.29, 0.717) is 41.6 Å². The fourth-order valence-corrected chi connectivity index (χ4v) is 5.06. The SMILES string of the molecule is Cc1cccc(OCC(C)C)c1-n1nc2c(c1-c1cc(F)c(NC(N)=O)c(F)c1)CN(c1ncc(C(F)(F)F)cc1F)CC2. The number of urea groups is 1. The third kappa shape index (κ3) is 6.01. The van der Waals surface area contributed by atoms with E-state index < -0.39 is 40.9 Å². The van der Waals surface area contributed by atoms with Gasteiger partial charge in [-0.1, -0.05) is 26.0 Å². The second-order valence-electron chi connectivity index (χ2n) is 10.8. The van der Waals surface area contributed by atoms with Gasteiger partial charge in [-0.2, -0.15) is 18.3 Å². The number of fused-ring (bicyclic) bond motifs is 1. The van der Waals surface area contributed by atoms with E-state index in [1.165, 1.54) is 9.58 Å². The van der Waals surface area contributed by atoms with Crippen LogP contribution in [0.1, 0.15) is 36.2 Å². The minimum atomic E-state index is -4.78. The van der Waals surface area contributed by atoms with Crippen molar-refractivity contribution in [2.24, 2.45) is 11.7 Å². The first-order valence-corrected chi connectivity index (χ1v) is 13.6. The van der Waals surface area contributed by atoms with Crippen molar-refractivity contribution in [1.29, 1.82) is 0 Å². The number of benzene rings is 2. The molecule has 232 valence electrons. The molecule has 5 rings (SSSR count). The fraction of sp³-hybridized carbons (Fsp3) is 0.300. The third-order valence-electron chi connectivity index (χ3n) is 7.03. The standard InChI is InChI=1S/C30H28F6N6O2/c1-15(2)14-44-24-6-4-5-16(3)26(24)42-27(17-9-20(31)25(21(32)10-17)39-29(37)43)19-13-41(8-7-23(19)40-42)28-22(33)11-18(12-38-28)30(34,35)36/h4-6,9-12,15H,7-8,13-14H2,1-3H3,(H3,37,39,43). The zero-order valence-electron chi connectivity index (χ0n) is 23.9. The van der Waals surface area contributed by atoms with Crippen LogP contribution in [0.25, 0.3) is 16.9 Å². The molecule has 0 unspecified atom stereocenters. The van der Waals surface area contributed by atoms with Gasteiger partial charge in [-0.05, 0) is 42.7 Å². The fourth-order valence-electron chi connectivity index (χ4n) is 5.06. The molecule has 0 bridgehead atoms. The predicted molar refractivity (Wildman–Crippen MR) is 151 cm³/mol. The molecule has 44 heavy (non-hydrogen) atoms. The van der Waals surface area contributed by atoms with E-state index in [0.717, 1.165) is 17.7 Å². The number of nitrogens with one attached hydrogen (secondary N) is 1. The third-order valence-corrected chi connectivity index (χ3v) is 7.03. The minimum absolute atomic E-state index is 0.0320. The van der Waals surface area contributed by atoms with Gasteiger partial charge in [0, 0.05) is 36.8 Å². The van der Waals surface area contributed by atoms with Crippen LogP contribution in [0, 0.1) is 30.3 Å². The van der Waals surface area contributed by atoms with Crippen LogP contribution in [-0.4, -0.2) is 33.9 Å². The second-order valence-corrected chi connectivity index (χ2v) is 10.8. The highest BCUT2D eigenvalue weighted by atomic mass is 19.4. The van der Waals surface area contributed by atoms with Gasteiger partial charge in [0.2, 0.25) is 0 Å². The monoisotopic (exact) mass is 618 g/mol. The van der Waals surface area contributed by atoms with Gasteiger partial charge in [-0.15, -0.1) is 0 Å². The second kappa shape index (κ2) is 11.7. The Hall–Kier alpha value is -4.75. The molecule has 8 nitrogen and oxygen atoms in total. The lowest BCUT2D eigenvalue weighted by atomic mass is 9.99. The van der Waals surface area contributed by atoms with Gasteiger partial charge in [0.1, 0.15) is 28.8 Å². The number of carbonyl (C=O) groups excluding carboxylic acids is 1. The Morgan fingerprint density at radius 2 is 1.82 bits per heavy atom. The number of para-hydroxylation sites is 1. The molecule has 1 aliphatic rings. The lowest BCUT2D eigenvalue weighted by Gasteiger charge is -2.28. The molecule has 0 fully saturated rings. The number of primary amides is 1. The number of nitrogens with zero attached hydrogens (tertiary/aromatic N) is 4. The van der Waals surface area contributed by atoms with E-state index in [1.807, 2.05) is 32.2 Å². The topological polar surface area (TPSA) is 98.3 Å². The highest BCUT2D eigenvalue weighted by Gasteiger charge is 2.34. The maximum absolute atomic E-state index is 15.2. The van der Waals surface area contributed by atoms with E-state index >= 15 is 8.78 Å². The number of hydrogen-bond acceptors (Lipinski definition) is 5. The first-order chi connectivity index (χ1) is 20.7. The number of halogens is 6. The van der Waals surface area contributed by atoms with Crippen molar-refractivity contribution in [2.45, 2.75) is 39.9 Å². The van der Waals surface area contributed by atoms with Crippen molar-refractivity contribution in [2.75, 3.05) is 23.4 Å². The molecule has 0 spiro atoms. The number of amides is 2. The number of rotatable bonds is 7. The summed E-state index contributed by atoms with van der Waals surface area (Å²) in [7, 11) is 0. The number of carbonyl (C=O) groups is 1. The maximum atomic E-state index is 15.2. The number of aromatic nitrogens is 3. The van der Waals surface area contributed by atoms with Crippen molar-refractivity contribution in [3.05, 3.63) is 82.4 Å². The first kappa shape index (κ1) is 30.7. The molecule has 3 N–H and O–H groups in total. The van der Waals surface area contributed by atoms with Crippen molar-refractivity contribution < 1.29 is 35.9 Å². The number of aryl methyl sites for hydroxylation is 1. The molecule has 3 heterocycles. The lowest BCUT2D eigenvalue weighted by molar-refractivity contribution is -0.138. The van der Waals surface area contributed by atoms with E-state index in [9.17, 15) is 22.4 Å². The zero-order chi connectivity index (χ0) is 31.9. The quantitative estimate of drug-likeness (QED) is 0.223. The van der Waals surface area contributed by atoms with E-state index in [2.05, 4.69) is 4.98 Å². The van der Waals surface area contributed by atoms with Crippen LogP contribution in [-0.2, 0) is 19.1 Å². The summed E-state index contributed by atoms with van der Waals surface area (Å²) in [6, 6.07) is 6.58. The number of hydrogen-bond donors (Lipinski definition) is 2. The molecule has 0 saturated heterocycles. The molecule has 14 heteroatoms. The van der Waals surface area contributed by atoms with Crippen LogP contribution in [0.4, 0.5) is 42.6 Å². The molecule has 2 aromatic carbocycles. The molecule has 1 aliphatic heterocycles. The van der Waals surface area contributed by atoms with Crippen LogP contribution in [0.5, 0.6) is 5.75 Å². The van der Waals surface area contributed by atoms with Crippen LogP contribution < -0.4 is 20.7 Å². The average molecular weight is 619 g/mol. The van der Waals surface area contributed by atoms with Crippen molar-refractivity contribution >= 4 is 17.5 Å². The maximum Gasteiger partial charge on any atom is 0.417 e. The Kier molecular flexibility index (Phi) is 8.19. The molecule has 0 aliphatic carbocycles. The highest BCUT2D eigenvalue weighted by molar-refractivity contribution is 5.88. The molecule has 0 saturated carbocycles. The van der Waals surface area contributed by atoms with Crippen LogP contribution in [0.2, 0.25) is 0 Å². The lowest BCUT2D eigenvalue weighted by Crippen LogP contribution is -2.32. The van der Waals surface area contributed by atoms with Crippen molar-refractivity contribution in [1.82, 2.24) is 14.8 Å². The molecular weight excluding hydrogens is 590 g/mol. The van der Waals surface area contributed by atoms with Gasteiger partial charge in [0.05, 0.1) is 23.6 Å². The molecule has 4 aromatic rings. The largest absolute Gasteiger partial charge is 0.491 e. The van der Waals surface area contributed by atoms with Crippen LogP contribution in [0.3, 0.4) is 0 Å². The average Bonchev–Trinajstić information content (AvgIpc) is 3.31. The van der Waals surface area contributed by atoms with Gasteiger partial charge < -0.3 is 20.7 Å². The summed E-state index contributed by atoms with van der Waals surface area (Å²) in [6.45, 7) is 6.21. The molecular formula is C30H28F6N6O2. The number of pyridine rings is 1. The summed E-state index contributed by atoms with van der Waals surface area (Å²) >= 11 is 0. The minimum Gasteiger partial charge on any atom is -0.491 e. The molecule has 2 amide bonds. The van der Waals surface area contributed by atoms with Crippen molar-refractivity contribution in [3.63, 3.8) is 0 Å². The summed E-state index contributed by atoms with van der Waals surface area (Å²) < 4.78 is 92.4. The Bertz CT molecular complexity index is 1710. The number of alkyl halides is 3. The van der Waals surface area contributed by atoms with E-state index in [-0.39, 0.29) is 42.5 Å². The van der Waals surface area contributed by atoms with Gasteiger partial charge in [0.15, 0.2) is 11.6 Å². The molecule has 0 radical (unpaired) electrons. The van der Waals surface area contributed by atoms with Crippen LogP contribution >= 0.6 is 0 Å². The number of nitrogens with two attached hydrogens (primary N) is 1. The van der Waals surface area contributed by atoms with E-state index in [1.54, 1.807) is 12.1 Å². The summed E-state index contributed by atoms with van der Waals surface area (Å²) in [5.41, 5.74) is 5.58. The normalized spacial score (nSPS) is 13.3. The van der Waals surface area contributed by atoms with Gasteiger partial charge in [-0.3, -0.25) is 0 Å².